The van der Waals surface area contributed by atoms with Crippen molar-refractivity contribution < 1.29 is 9.53 Å². The lowest BCUT2D eigenvalue weighted by Crippen LogP contribution is -2.31. The fourth-order valence-corrected chi connectivity index (χ4v) is 1.38. The van der Waals surface area contributed by atoms with E-state index in [1.807, 2.05) is 6.92 Å². The van der Waals surface area contributed by atoms with Gasteiger partial charge in [0.15, 0.2) is 5.69 Å². The van der Waals surface area contributed by atoms with Crippen molar-refractivity contribution in [2.45, 2.75) is 26.8 Å². The molecule has 1 aromatic rings. The van der Waals surface area contributed by atoms with E-state index in [9.17, 15) is 4.79 Å². The van der Waals surface area contributed by atoms with Crippen LogP contribution in [-0.2, 0) is 4.74 Å². The summed E-state index contributed by atoms with van der Waals surface area (Å²) < 4.78 is 5.41. The van der Waals surface area contributed by atoms with Gasteiger partial charge in [-0.25, -0.2) is 0 Å². The Morgan fingerprint density at radius 1 is 1.44 bits per heavy atom. The maximum atomic E-state index is 10.9. The first-order chi connectivity index (χ1) is 8.54. The molecule has 6 heteroatoms. The number of hydrogen-bond acceptors (Lipinski definition) is 5. The van der Waals surface area contributed by atoms with E-state index in [2.05, 4.69) is 29.4 Å². The summed E-state index contributed by atoms with van der Waals surface area (Å²) in [6.07, 6.45) is 0. The lowest BCUT2D eigenvalue weighted by molar-refractivity contribution is 0.0994. The lowest BCUT2D eigenvalue weighted by atomic mass is 10.1. The number of primary amides is 1. The number of nitrogens with two attached hydrogens (primary N) is 1. The molecular weight excluding hydrogens is 232 g/mol. The van der Waals surface area contributed by atoms with Gasteiger partial charge in [0.25, 0.3) is 5.91 Å². The van der Waals surface area contributed by atoms with Crippen molar-refractivity contribution in [3.05, 3.63) is 17.8 Å². The van der Waals surface area contributed by atoms with E-state index in [-0.39, 0.29) is 11.7 Å². The summed E-state index contributed by atoms with van der Waals surface area (Å²) in [5, 5.41) is 10.9. The molecule has 0 aliphatic rings. The van der Waals surface area contributed by atoms with Crippen molar-refractivity contribution >= 4 is 11.7 Å². The van der Waals surface area contributed by atoms with E-state index in [0.717, 1.165) is 0 Å². The normalized spacial score (nSPS) is 12.4. The first-order valence-electron chi connectivity index (χ1n) is 6.02. The van der Waals surface area contributed by atoms with Crippen molar-refractivity contribution in [2.75, 3.05) is 18.5 Å². The Bertz CT molecular complexity index is 378. The Kier molecular flexibility index (Phi) is 5.51. The molecule has 0 radical (unpaired) electrons. The highest BCUT2D eigenvalue weighted by molar-refractivity contribution is 5.90. The maximum Gasteiger partial charge on any atom is 0.269 e. The third-order valence-electron chi connectivity index (χ3n) is 2.56. The van der Waals surface area contributed by atoms with Crippen molar-refractivity contribution in [2.24, 2.45) is 11.7 Å². The van der Waals surface area contributed by atoms with Crippen LogP contribution in [0.4, 0.5) is 5.82 Å². The predicted molar refractivity (Wildman–Crippen MR) is 69.3 cm³/mol. The standard InChI is InChI=1S/C12H20N4O2/c1-4-18-7-10(8(2)3)14-11-6-5-9(12(13)17)15-16-11/h5-6,8,10H,4,7H2,1-3H3,(H2,13,17)(H,14,16). The van der Waals surface area contributed by atoms with E-state index >= 15 is 0 Å². The third kappa shape index (κ3) is 4.29. The summed E-state index contributed by atoms with van der Waals surface area (Å²) in [4.78, 5) is 10.9. The monoisotopic (exact) mass is 252 g/mol. The highest BCUT2D eigenvalue weighted by Gasteiger charge is 2.14. The van der Waals surface area contributed by atoms with Gasteiger partial charge < -0.3 is 15.8 Å². The van der Waals surface area contributed by atoms with Crippen LogP contribution in [0.2, 0.25) is 0 Å². The molecule has 1 aromatic heterocycles. The highest BCUT2D eigenvalue weighted by Crippen LogP contribution is 2.10. The second kappa shape index (κ2) is 6.90. The molecule has 6 nitrogen and oxygen atoms in total. The number of nitrogens with zero attached hydrogens (tertiary/aromatic N) is 2. The molecule has 1 atom stereocenters. The average Bonchev–Trinajstić information content (AvgIpc) is 2.34. The van der Waals surface area contributed by atoms with Crippen LogP contribution in [0, 0.1) is 5.92 Å². The summed E-state index contributed by atoms with van der Waals surface area (Å²) in [7, 11) is 0. The zero-order chi connectivity index (χ0) is 13.5. The molecule has 0 bridgehead atoms. The molecule has 0 aliphatic carbocycles. The predicted octanol–water partition coefficient (Wildman–Crippen LogP) is 1.05. The van der Waals surface area contributed by atoms with Crippen LogP contribution in [0.5, 0.6) is 0 Å². The molecule has 1 heterocycles. The molecule has 3 N–H and O–H groups in total. The minimum atomic E-state index is -0.580. The van der Waals surface area contributed by atoms with E-state index in [1.54, 1.807) is 12.1 Å². The smallest absolute Gasteiger partial charge is 0.269 e. The molecule has 0 saturated heterocycles. The number of carbonyl (C=O) groups excluding carboxylic acids is 1. The van der Waals surface area contributed by atoms with Gasteiger partial charge in [-0.15, -0.1) is 10.2 Å². The molecule has 0 saturated carbocycles. The zero-order valence-electron chi connectivity index (χ0n) is 11.0. The molecular formula is C12H20N4O2. The summed E-state index contributed by atoms with van der Waals surface area (Å²) in [6, 6.07) is 3.39. The molecule has 1 unspecified atom stereocenters. The molecule has 100 valence electrons. The molecule has 1 rings (SSSR count). The highest BCUT2D eigenvalue weighted by atomic mass is 16.5. The van der Waals surface area contributed by atoms with Crippen LogP contribution in [-0.4, -0.2) is 35.4 Å². The number of hydrogen-bond donors (Lipinski definition) is 2. The quantitative estimate of drug-likeness (QED) is 0.757. The zero-order valence-corrected chi connectivity index (χ0v) is 11.0. The number of aromatic nitrogens is 2. The van der Waals surface area contributed by atoms with Gasteiger partial charge in [0, 0.05) is 6.61 Å². The van der Waals surface area contributed by atoms with Crippen molar-refractivity contribution in [3.8, 4) is 0 Å². The van der Waals surface area contributed by atoms with Gasteiger partial charge >= 0.3 is 0 Å². The number of carbonyl (C=O) groups is 1. The largest absolute Gasteiger partial charge is 0.380 e. The van der Waals surface area contributed by atoms with Gasteiger partial charge in [0.2, 0.25) is 0 Å². The van der Waals surface area contributed by atoms with Crippen LogP contribution in [0.3, 0.4) is 0 Å². The van der Waals surface area contributed by atoms with E-state index < -0.39 is 5.91 Å². The summed E-state index contributed by atoms with van der Waals surface area (Å²) in [6.45, 7) is 7.44. The Hall–Kier alpha value is -1.69. The summed E-state index contributed by atoms with van der Waals surface area (Å²) in [5.74, 6) is 0.427. The van der Waals surface area contributed by atoms with Crippen molar-refractivity contribution in [1.29, 1.82) is 0 Å². The van der Waals surface area contributed by atoms with Crippen LogP contribution in [0.15, 0.2) is 12.1 Å². The third-order valence-corrected chi connectivity index (χ3v) is 2.56. The van der Waals surface area contributed by atoms with Crippen LogP contribution < -0.4 is 11.1 Å². The number of amides is 1. The molecule has 0 aromatic carbocycles. The van der Waals surface area contributed by atoms with E-state index in [4.69, 9.17) is 10.5 Å². The summed E-state index contributed by atoms with van der Waals surface area (Å²) in [5.41, 5.74) is 5.26. The minimum absolute atomic E-state index is 0.152. The van der Waals surface area contributed by atoms with Crippen molar-refractivity contribution in [3.63, 3.8) is 0 Å². The van der Waals surface area contributed by atoms with Gasteiger partial charge in [0.05, 0.1) is 12.6 Å². The Morgan fingerprint density at radius 3 is 2.61 bits per heavy atom. The molecule has 0 aliphatic heterocycles. The number of anilines is 1. The first kappa shape index (κ1) is 14.4. The number of rotatable bonds is 7. The number of nitrogens with one attached hydrogen (secondary N) is 1. The molecule has 18 heavy (non-hydrogen) atoms. The van der Waals surface area contributed by atoms with Crippen LogP contribution in [0.1, 0.15) is 31.3 Å². The van der Waals surface area contributed by atoms with E-state index in [0.29, 0.717) is 24.9 Å². The Labute approximate surface area is 107 Å². The molecule has 1 amide bonds. The first-order valence-corrected chi connectivity index (χ1v) is 6.02. The average molecular weight is 252 g/mol. The Balaban J connectivity index is 2.65. The summed E-state index contributed by atoms with van der Waals surface area (Å²) >= 11 is 0. The molecule has 0 spiro atoms. The second-order valence-electron chi connectivity index (χ2n) is 4.32. The van der Waals surface area contributed by atoms with Crippen molar-refractivity contribution in [1.82, 2.24) is 10.2 Å². The fraction of sp³-hybridized carbons (Fsp3) is 0.583. The van der Waals surface area contributed by atoms with Gasteiger partial charge in [0.1, 0.15) is 5.82 Å². The lowest BCUT2D eigenvalue weighted by Gasteiger charge is -2.22. The molecule has 0 fully saturated rings. The topological polar surface area (TPSA) is 90.1 Å². The minimum Gasteiger partial charge on any atom is -0.380 e. The SMILES string of the molecule is CCOCC(Nc1ccc(C(N)=O)nn1)C(C)C. The van der Waals surface area contributed by atoms with Gasteiger partial charge in [-0.05, 0) is 25.0 Å². The number of ether oxygens (including phenoxy) is 1. The van der Waals surface area contributed by atoms with Gasteiger partial charge in [-0.3, -0.25) is 4.79 Å². The second-order valence-corrected chi connectivity index (χ2v) is 4.32. The van der Waals surface area contributed by atoms with Gasteiger partial charge in [-0.1, -0.05) is 13.8 Å². The van der Waals surface area contributed by atoms with Crippen LogP contribution >= 0.6 is 0 Å². The van der Waals surface area contributed by atoms with E-state index in [1.165, 1.54) is 0 Å². The van der Waals surface area contributed by atoms with Gasteiger partial charge in [-0.2, -0.15) is 0 Å². The fourth-order valence-electron chi connectivity index (χ4n) is 1.38. The Morgan fingerprint density at radius 2 is 2.17 bits per heavy atom. The van der Waals surface area contributed by atoms with Crippen LogP contribution in [0.25, 0.3) is 0 Å². The maximum absolute atomic E-state index is 10.9.